The number of hydrogen-bond donors (Lipinski definition) is 1. The molecule has 0 aromatic heterocycles. The van der Waals surface area contributed by atoms with Crippen LogP contribution >= 0.6 is 33.1 Å². The molecule has 1 unspecified atom stereocenters. The largest absolute Gasteiger partial charge is 0.330 e. The quantitative estimate of drug-likeness (QED) is 0.417. The first-order chi connectivity index (χ1) is 6.45. The minimum atomic E-state index is -2.30. The summed E-state index contributed by atoms with van der Waals surface area (Å²) in [5.41, 5.74) is 5.26. The third-order valence-electron chi connectivity index (χ3n) is 1.55. The average molecular weight is 298 g/mol. The maximum absolute atomic E-state index is 11.1. The fourth-order valence-electron chi connectivity index (χ4n) is 0.683. The Morgan fingerprint density at radius 3 is 2.06 bits per heavy atom. The topological polar surface area (TPSA) is 61.5 Å². The Kier molecular flexibility index (Phi) is 16.6. The molecule has 0 fully saturated rings. The van der Waals surface area contributed by atoms with E-state index >= 15 is 0 Å². The van der Waals surface area contributed by atoms with Gasteiger partial charge in [0.25, 0.3) is 0 Å². The minimum Gasteiger partial charge on any atom is -0.330 e. The molecule has 0 bridgehead atoms. The number of halogens is 2. The van der Waals surface area contributed by atoms with Gasteiger partial charge < -0.3 is 19.3 Å². The summed E-state index contributed by atoms with van der Waals surface area (Å²) < 4.78 is 21.9. The van der Waals surface area contributed by atoms with Gasteiger partial charge >= 0.3 is 8.25 Å². The van der Waals surface area contributed by atoms with Gasteiger partial charge in [-0.1, -0.05) is 0 Å². The van der Waals surface area contributed by atoms with Crippen molar-refractivity contribution in [2.24, 2.45) is 5.73 Å². The van der Waals surface area contributed by atoms with Crippen LogP contribution in [0.5, 0.6) is 0 Å². The van der Waals surface area contributed by atoms with Crippen LogP contribution in [0.3, 0.4) is 0 Å². The lowest BCUT2D eigenvalue weighted by atomic mass is 10.5. The predicted molar refractivity (Wildman–Crippen MR) is 72.0 cm³/mol. The second-order valence-corrected chi connectivity index (χ2v) is 5.18. The standard InChI is InChI=1S/C8H22N2O3P.2ClH/c1-10(2,3)6-8-13-14(11)12-7-4-5-9;;/h14H,4-9H2,1-3H3;2*1H/q+1;;. The van der Waals surface area contributed by atoms with Crippen LogP contribution in [0.2, 0.25) is 0 Å². The van der Waals surface area contributed by atoms with Crippen LogP contribution in [0, 0.1) is 0 Å². The summed E-state index contributed by atoms with van der Waals surface area (Å²) in [5, 5.41) is 0. The third-order valence-corrected chi connectivity index (χ3v) is 2.43. The normalized spacial score (nSPS) is 12.5. The minimum absolute atomic E-state index is 0. The molecule has 0 aromatic carbocycles. The number of nitrogens with zero attached hydrogens (tertiary/aromatic N) is 1. The van der Waals surface area contributed by atoms with E-state index in [-0.39, 0.29) is 24.8 Å². The number of quaternary nitrogens is 1. The Bertz CT molecular complexity index is 179. The van der Waals surface area contributed by atoms with Crippen LogP contribution in [0.15, 0.2) is 0 Å². The summed E-state index contributed by atoms with van der Waals surface area (Å²) in [5.74, 6) is 0. The van der Waals surface area contributed by atoms with Gasteiger partial charge in [0.05, 0.1) is 27.7 Å². The predicted octanol–water partition coefficient (Wildman–Crippen LogP) is 1.31. The maximum atomic E-state index is 11.1. The second kappa shape index (κ2) is 12.1. The van der Waals surface area contributed by atoms with E-state index in [0.29, 0.717) is 19.8 Å². The molecule has 2 N–H and O–H groups in total. The van der Waals surface area contributed by atoms with Crippen molar-refractivity contribution < 1.29 is 18.1 Å². The van der Waals surface area contributed by atoms with Gasteiger partial charge in [0.1, 0.15) is 13.2 Å². The molecule has 0 spiro atoms. The molecular weight excluding hydrogens is 274 g/mol. The summed E-state index contributed by atoms with van der Waals surface area (Å²) in [6.07, 6.45) is 0.717. The van der Waals surface area contributed by atoms with E-state index in [4.69, 9.17) is 14.8 Å². The van der Waals surface area contributed by atoms with Gasteiger partial charge in [-0.25, -0.2) is 0 Å². The van der Waals surface area contributed by atoms with Crippen LogP contribution in [-0.4, -0.2) is 51.9 Å². The molecule has 0 heterocycles. The molecule has 0 saturated heterocycles. The van der Waals surface area contributed by atoms with E-state index in [0.717, 1.165) is 17.4 Å². The molecule has 0 amide bonds. The van der Waals surface area contributed by atoms with Gasteiger partial charge in [0.15, 0.2) is 0 Å². The number of rotatable bonds is 8. The Hall–Kier alpha value is 0.650. The summed E-state index contributed by atoms with van der Waals surface area (Å²) in [7, 11) is 3.85. The van der Waals surface area contributed by atoms with Crippen LogP contribution in [-0.2, 0) is 13.6 Å². The van der Waals surface area contributed by atoms with E-state index in [1.54, 1.807) is 0 Å². The zero-order chi connectivity index (χ0) is 11.0. The van der Waals surface area contributed by atoms with Crippen molar-refractivity contribution in [2.75, 3.05) is 47.4 Å². The molecule has 1 atom stereocenters. The van der Waals surface area contributed by atoms with E-state index in [9.17, 15) is 4.57 Å². The zero-order valence-electron chi connectivity index (χ0n) is 10.1. The van der Waals surface area contributed by atoms with Gasteiger partial charge in [-0.3, -0.25) is 4.57 Å². The maximum Gasteiger partial charge on any atom is 0.319 e. The molecule has 0 aliphatic rings. The molecule has 0 rings (SSSR count). The first-order valence-electron chi connectivity index (χ1n) is 4.76. The van der Waals surface area contributed by atoms with E-state index in [2.05, 4.69) is 21.1 Å². The molecule has 0 saturated carbocycles. The molecule has 8 heteroatoms. The van der Waals surface area contributed by atoms with Crippen molar-refractivity contribution in [2.45, 2.75) is 6.42 Å². The summed E-state index contributed by atoms with van der Waals surface area (Å²) in [4.78, 5) is 0. The Labute approximate surface area is 111 Å². The van der Waals surface area contributed by atoms with Crippen molar-refractivity contribution in [3.8, 4) is 0 Å². The lowest BCUT2D eigenvalue weighted by molar-refractivity contribution is -0.870. The monoisotopic (exact) mass is 297 g/mol. The Morgan fingerprint density at radius 2 is 1.62 bits per heavy atom. The summed E-state index contributed by atoms with van der Waals surface area (Å²) in [6.45, 7) is 2.24. The fourth-order valence-corrected chi connectivity index (χ4v) is 1.34. The highest BCUT2D eigenvalue weighted by Gasteiger charge is 2.07. The van der Waals surface area contributed by atoms with Crippen molar-refractivity contribution in [3.63, 3.8) is 0 Å². The SMILES string of the molecule is C[N+](C)(C)CCO[PH](=O)OCCCN.Cl.Cl. The van der Waals surface area contributed by atoms with Crippen molar-refractivity contribution >= 4 is 33.1 Å². The van der Waals surface area contributed by atoms with E-state index < -0.39 is 8.25 Å². The number of hydrogen-bond acceptors (Lipinski definition) is 4. The lowest BCUT2D eigenvalue weighted by Gasteiger charge is -2.23. The lowest BCUT2D eigenvalue weighted by Crippen LogP contribution is -2.37. The van der Waals surface area contributed by atoms with Gasteiger partial charge in [0.2, 0.25) is 0 Å². The third kappa shape index (κ3) is 17.1. The van der Waals surface area contributed by atoms with Gasteiger partial charge in [-0.2, -0.15) is 0 Å². The first-order valence-corrected chi connectivity index (χ1v) is 5.98. The van der Waals surface area contributed by atoms with Gasteiger partial charge in [-0.15, -0.1) is 24.8 Å². The van der Waals surface area contributed by atoms with Crippen LogP contribution in [0.4, 0.5) is 0 Å². The molecule has 0 radical (unpaired) electrons. The average Bonchev–Trinajstić information content (AvgIpc) is 2.02. The van der Waals surface area contributed by atoms with Crippen molar-refractivity contribution in [1.29, 1.82) is 0 Å². The van der Waals surface area contributed by atoms with Gasteiger partial charge in [-0.05, 0) is 13.0 Å². The smallest absolute Gasteiger partial charge is 0.319 e. The molecular formula is C8H24Cl2N2O3P+. The first kappa shape index (κ1) is 21.9. The summed E-state index contributed by atoms with van der Waals surface area (Å²) >= 11 is 0. The number of nitrogens with two attached hydrogens (primary N) is 1. The molecule has 16 heavy (non-hydrogen) atoms. The molecule has 102 valence electrons. The highest BCUT2D eigenvalue weighted by molar-refractivity contribution is 7.33. The Morgan fingerprint density at radius 1 is 1.12 bits per heavy atom. The molecule has 0 aromatic rings. The number of likely N-dealkylation sites (N-methyl/N-ethyl adjacent to an activating group) is 1. The summed E-state index contributed by atoms with van der Waals surface area (Å²) in [6, 6.07) is 0. The molecule has 0 aliphatic heterocycles. The molecule has 5 nitrogen and oxygen atoms in total. The second-order valence-electron chi connectivity index (χ2n) is 4.10. The van der Waals surface area contributed by atoms with Crippen LogP contribution < -0.4 is 5.73 Å². The van der Waals surface area contributed by atoms with Gasteiger partial charge in [0, 0.05) is 0 Å². The van der Waals surface area contributed by atoms with Crippen molar-refractivity contribution in [3.05, 3.63) is 0 Å². The van der Waals surface area contributed by atoms with E-state index in [1.807, 2.05) is 0 Å². The fraction of sp³-hybridized carbons (Fsp3) is 1.00. The highest BCUT2D eigenvalue weighted by atomic mass is 35.5. The van der Waals surface area contributed by atoms with E-state index in [1.165, 1.54) is 0 Å². The zero-order valence-corrected chi connectivity index (χ0v) is 12.7. The van der Waals surface area contributed by atoms with Crippen LogP contribution in [0.25, 0.3) is 0 Å². The van der Waals surface area contributed by atoms with Crippen LogP contribution in [0.1, 0.15) is 6.42 Å². The van der Waals surface area contributed by atoms with Crippen molar-refractivity contribution in [1.82, 2.24) is 0 Å². The highest BCUT2D eigenvalue weighted by Crippen LogP contribution is 2.23. The molecule has 0 aliphatic carbocycles. The Balaban J connectivity index is -0.000000845.